The van der Waals surface area contributed by atoms with Gasteiger partial charge in [0.15, 0.2) is 0 Å². The summed E-state index contributed by atoms with van der Waals surface area (Å²) in [4.78, 5) is 0. The molecule has 1 rings (SSSR count). The standard InChI is InChI=1S/C9H15NO/c1-3-5-10-7-9-4-6-11-8(9)2/h1,8-10H,4-7H2,2H3. The monoisotopic (exact) mass is 153 g/mol. The Hall–Kier alpha value is -0.520. The van der Waals surface area contributed by atoms with Gasteiger partial charge in [-0.1, -0.05) is 5.92 Å². The Morgan fingerprint density at radius 1 is 1.73 bits per heavy atom. The van der Waals surface area contributed by atoms with Crippen LogP contribution in [0, 0.1) is 18.3 Å². The zero-order chi connectivity index (χ0) is 8.10. The molecule has 0 aliphatic carbocycles. The molecule has 0 saturated carbocycles. The maximum absolute atomic E-state index is 5.40. The molecule has 1 N–H and O–H groups in total. The van der Waals surface area contributed by atoms with Gasteiger partial charge < -0.3 is 10.1 Å². The lowest BCUT2D eigenvalue weighted by molar-refractivity contribution is 0.106. The summed E-state index contributed by atoms with van der Waals surface area (Å²) in [7, 11) is 0. The smallest absolute Gasteiger partial charge is 0.0588 e. The van der Waals surface area contributed by atoms with E-state index in [2.05, 4.69) is 18.2 Å². The first-order chi connectivity index (χ1) is 5.34. The molecule has 62 valence electrons. The highest BCUT2D eigenvalue weighted by molar-refractivity contribution is 4.87. The van der Waals surface area contributed by atoms with E-state index in [1.807, 2.05) is 0 Å². The first-order valence-electron chi connectivity index (χ1n) is 4.10. The summed E-state index contributed by atoms with van der Waals surface area (Å²) in [6.45, 7) is 4.69. The van der Waals surface area contributed by atoms with Crippen LogP contribution in [0.1, 0.15) is 13.3 Å². The topological polar surface area (TPSA) is 21.3 Å². The van der Waals surface area contributed by atoms with Crippen molar-refractivity contribution in [3.8, 4) is 12.3 Å². The number of hydrogen-bond acceptors (Lipinski definition) is 2. The van der Waals surface area contributed by atoms with Crippen molar-refractivity contribution >= 4 is 0 Å². The van der Waals surface area contributed by atoms with Gasteiger partial charge in [0, 0.05) is 13.2 Å². The summed E-state index contributed by atoms with van der Waals surface area (Å²) >= 11 is 0. The molecule has 2 atom stereocenters. The Kier molecular flexibility index (Phi) is 3.41. The van der Waals surface area contributed by atoms with E-state index in [1.165, 1.54) is 6.42 Å². The Morgan fingerprint density at radius 2 is 2.55 bits per heavy atom. The van der Waals surface area contributed by atoms with Crippen LogP contribution in [0.2, 0.25) is 0 Å². The summed E-state index contributed by atoms with van der Waals surface area (Å²) in [5, 5.41) is 3.19. The second-order valence-electron chi connectivity index (χ2n) is 2.96. The van der Waals surface area contributed by atoms with Gasteiger partial charge >= 0.3 is 0 Å². The van der Waals surface area contributed by atoms with Crippen molar-refractivity contribution in [2.45, 2.75) is 19.4 Å². The largest absolute Gasteiger partial charge is 0.378 e. The van der Waals surface area contributed by atoms with Crippen molar-refractivity contribution in [2.75, 3.05) is 19.7 Å². The molecule has 1 aliphatic rings. The fourth-order valence-corrected chi connectivity index (χ4v) is 1.37. The molecule has 0 aromatic rings. The second kappa shape index (κ2) is 4.38. The molecule has 0 aromatic heterocycles. The average molecular weight is 153 g/mol. The van der Waals surface area contributed by atoms with Crippen LogP contribution >= 0.6 is 0 Å². The van der Waals surface area contributed by atoms with Gasteiger partial charge in [0.25, 0.3) is 0 Å². The first-order valence-corrected chi connectivity index (χ1v) is 4.10. The number of ether oxygens (including phenoxy) is 1. The first kappa shape index (κ1) is 8.58. The van der Waals surface area contributed by atoms with Gasteiger partial charge in [-0.05, 0) is 19.3 Å². The zero-order valence-electron chi connectivity index (χ0n) is 6.97. The van der Waals surface area contributed by atoms with Gasteiger partial charge in [0.05, 0.1) is 12.6 Å². The average Bonchev–Trinajstić information content (AvgIpc) is 2.37. The predicted octanol–water partition coefficient (Wildman–Crippen LogP) is 0.634. The highest BCUT2D eigenvalue weighted by Gasteiger charge is 2.22. The molecule has 0 amide bonds. The van der Waals surface area contributed by atoms with E-state index in [0.717, 1.165) is 13.2 Å². The molecule has 0 radical (unpaired) electrons. The quantitative estimate of drug-likeness (QED) is 0.474. The normalized spacial score (nSPS) is 30.2. The highest BCUT2D eigenvalue weighted by atomic mass is 16.5. The zero-order valence-corrected chi connectivity index (χ0v) is 6.97. The summed E-state index contributed by atoms with van der Waals surface area (Å²) in [6, 6.07) is 0. The SMILES string of the molecule is C#CCNCC1CCOC1C. The molecule has 1 aliphatic heterocycles. The third-order valence-corrected chi connectivity index (χ3v) is 2.17. The van der Waals surface area contributed by atoms with Crippen LogP contribution in [0.25, 0.3) is 0 Å². The number of rotatable bonds is 3. The van der Waals surface area contributed by atoms with Crippen LogP contribution in [-0.2, 0) is 4.74 Å². The van der Waals surface area contributed by atoms with E-state index in [4.69, 9.17) is 11.2 Å². The molecule has 1 heterocycles. The molecule has 2 heteroatoms. The lowest BCUT2D eigenvalue weighted by Gasteiger charge is -2.13. The highest BCUT2D eigenvalue weighted by Crippen LogP contribution is 2.18. The third-order valence-electron chi connectivity index (χ3n) is 2.17. The van der Waals surface area contributed by atoms with Crippen LogP contribution in [0.3, 0.4) is 0 Å². The molecule has 0 aromatic carbocycles. The molecule has 0 bridgehead atoms. The lowest BCUT2D eigenvalue weighted by Crippen LogP contribution is -2.27. The Labute approximate surface area is 68.3 Å². The predicted molar refractivity (Wildman–Crippen MR) is 45.2 cm³/mol. The van der Waals surface area contributed by atoms with E-state index >= 15 is 0 Å². The third kappa shape index (κ3) is 2.53. The van der Waals surface area contributed by atoms with Crippen molar-refractivity contribution in [1.82, 2.24) is 5.32 Å². The lowest BCUT2D eigenvalue weighted by atomic mass is 10.0. The van der Waals surface area contributed by atoms with Crippen molar-refractivity contribution < 1.29 is 4.74 Å². The van der Waals surface area contributed by atoms with E-state index in [9.17, 15) is 0 Å². The van der Waals surface area contributed by atoms with Gasteiger partial charge in [-0.15, -0.1) is 6.42 Å². The molecular formula is C9H15NO. The summed E-state index contributed by atoms with van der Waals surface area (Å²) in [5.41, 5.74) is 0. The Morgan fingerprint density at radius 3 is 3.09 bits per heavy atom. The minimum absolute atomic E-state index is 0.403. The molecule has 2 unspecified atom stereocenters. The maximum atomic E-state index is 5.40. The second-order valence-corrected chi connectivity index (χ2v) is 2.96. The van der Waals surface area contributed by atoms with Crippen LogP contribution in [0.15, 0.2) is 0 Å². The van der Waals surface area contributed by atoms with Gasteiger partial charge in [-0.25, -0.2) is 0 Å². The van der Waals surface area contributed by atoms with Gasteiger partial charge in [-0.2, -0.15) is 0 Å². The van der Waals surface area contributed by atoms with Crippen LogP contribution in [-0.4, -0.2) is 25.8 Å². The summed E-state index contributed by atoms with van der Waals surface area (Å²) in [6.07, 6.45) is 6.67. The minimum Gasteiger partial charge on any atom is -0.378 e. The van der Waals surface area contributed by atoms with Crippen molar-refractivity contribution in [1.29, 1.82) is 0 Å². The van der Waals surface area contributed by atoms with Gasteiger partial charge in [-0.3, -0.25) is 0 Å². The van der Waals surface area contributed by atoms with E-state index in [0.29, 0.717) is 18.6 Å². The molecule has 1 saturated heterocycles. The molecule has 0 spiro atoms. The van der Waals surface area contributed by atoms with E-state index in [-0.39, 0.29) is 0 Å². The summed E-state index contributed by atoms with van der Waals surface area (Å²) < 4.78 is 5.40. The molecular weight excluding hydrogens is 138 g/mol. The molecule has 11 heavy (non-hydrogen) atoms. The van der Waals surface area contributed by atoms with E-state index < -0.39 is 0 Å². The summed E-state index contributed by atoms with van der Waals surface area (Å²) in [5.74, 6) is 3.21. The van der Waals surface area contributed by atoms with Gasteiger partial charge in [0.1, 0.15) is 0 Å². The van der Waals surface area contributed by atoms with Crippen LogP contribution in [0.5, 0.6) is 0 Å². The van der Waals surface area contributed by atoms with Crippen LogP contribution in [0.4, 0.5) is 0 Å². The van der Waals surface area contributed by atoms with Gasteiger partial charge in [0.2, 0.25) is 0 Å². The fourth-order valence-electron chi connectivity index (χ4n) is 1.37. The van der Waals surface area contributed by atoms with Crippen molar-refractivity contribution in [3.05, 3.63) is 0 Å². The number of hydrogen-bond donors (Lipinski definition) is 1. The Balaban J connectivity index is 2.11. The number of nitrogens with one attached hydrogen (secondary N) is 1. The van der Waals surface area contributed by atoms with Crippen molar-refractivity contribution in [3.63, 3.8) is 0 Å². The Bertz CT molecular complexity index is 150. The number of terminal acetylenes is 1. The fraction of sp³-hybridized carbons (Fsp3) is 0.778. The maximum Gasteiger partial charge on any atom is 0.0588 e. The van der Waals surface area contributed by atoms with Crippen molar-refractivity contribution in [2.24, 2.45) is 5.92 Å². The molecule has 2 nitrogen and oxygen atoms in total. The van der Waals surface area contributed by atoms with Crippen LogP contribution < -0.4 is 5.32 Å². The minimum atomic E-state index is 0.403. The van der Waals surface area contributed by atoms with E-state index in [1.54, 1.807) is 0 Å². The molecule has 1 fully saturated rings.